The zero-order valence-corrected chi connectivity index (χ0v) is 19.1. The van der Waals surface area contributed by atoms with E-state index in [2.05, 4.69) is 32.0 Å². The van der Waals surface area contributed by atoms with Gasteiger partial charge in [0.05, 0.1) is 18.5 Å². The van der Waals surface area contributed by atoms with E-state index in [1.165, 1.54) is 16.7 Å². The molecule has 1 aromatic heterocycles. The highest BCUT2D eigenvalue weighted by Crippen LogP contribution is 2.25. The Morgan fingerprint density at radius 2 is 1.61 bits per heavy atom. The summed E-state index contributed by atoms with van der Waals surface area (Å²) in [5, 5.41) is 9.97. The molecule has 1 heterocycles. The van der Waals surface area contributed by atoms with Crippen molar-refractivity contribution in [3.63, 3.8) is 0 Å². The van der Waals surface area contributed by atoms with E-state index in [-0.39, 0.29) is 12.3 Å². The summed E-state index contributed by atoms with van der Waals surface area (Å²) in [5.41, 5.74) is 6.57. The summed E-state index contributed by atoms with van der Waals surface area (Å²) in [5.74, 6) is -0.334. The quantitative estimate of drug-likeness (QED) is 0.411. The Morgan fingerprint density at radius 3 is 2.33 bits per heavy atom. The Kier molecular flexibility index (Phi) is 6.31. The predicted octanol–water partition coefficient (Wildman–Crippen LogP) is 5.50. The van der Waals surface area contributed by atoms with Crippen molar-refractivity contribution in [1.82, 2.24) is 4.57 Å². The van der Waals surface area contributed by atoms with Gasteiger partial charge in [-0.15, -0.1) is 0 Å². The molecule has 5 nitrogen and oxygen atoms in total. The first-order valence-corrected chi connectivity index (χ1v) is 11.0. The zero-order valence-electron chi connectivity index (χ0n) is 19.1. The summed E-state index contributed by atoms with van der Waals surface area (Å²) in [6.45, 7) is 6.65. The van der Waals surface area contributed by atoms with Crippen LogP contribution in [0.5, 0.6) is 5.75 Å². The molecule has 5 heteroatoms. The number of hydrogen-bond donors (Lipinski definition) is 1. The van der Waals surface area contributed by atoms with Gasteiger partial charge in [-0.05, 0) is 79.4 Å². The third-order valence-corrected chi connectivity index (χ3v) is 6.12. The Morgan fingerprint density at radius 1 is 0.909 bits per heavy atom. The molecule has 0 saturated heterocycles. The maximum Gasteiger partial charge on any atom is 0.307 e. The number of carboxylic acids is 1. The van der Waals surface area contributed by atoms with Crippen LogP contribution in [0.3, 0.4) is 0 Å². The monoisotopic (exact) mass is 441 g/mol. The SMILES string of the molecule is Cc1cccc(CCOc2ccc(C(=O)n3c(C)cc4c(CC(=O)O)cccc43)cc2)c1C. The van der Waals surface area contributed by atoms with Crippen LogP contribution in [0.2, 0.25) is 0 Å². The molecule has 0 spiro atoms. The second kappa shape index (κ2) is 9.33. The molecule has 3 aromatic carbocycles. The molecular formula is C28H27NO4. The summed E-state index contributed by atoms with van der Waals surface area (Å²) >= 11 is 0. The van der Waals surface area contributed by atoms with Crippen molar-refractivity contribution < 1.29 is 19.4 Å². The normalized spacial score (nSPS) is 11.0. The van der Waals surface area contributed by atoms with Crippen LogP contribution in [0.1, 0.15) is 38.3 Å². The fourth-order valence-corrected chi connectivity index (χ4v) is 4.20. The minimum absolute atomic E-state index is 0.0803. The van der Waals surface area contributed by atoms with Gasteiger partial charge in [-0.2, -0.15) is 0 Å². The fourth-order valence-electron chi connectivity index (χ4n) is 4.20. The van der Waals surface area contributed by atoms with E-state index in [0.717, 1.165) is 23.3 Å². The number of rotatable bonds is 7. The number of ether oxygens (including phenoxy) is 1. The number of aryl methyl sites for hydroxylation is 2. The van der Waals surface area contributed by atoms with E-state index in [9.17, 15) is 14.7 Å². The smallest absolute Gasteiger partial charge is 0.307 e. The largest absolute Gasteiger partial charge is 0.493 e. The molecule has 0 amide bonds. The van der Waals surface area contributed by atoms with E-state index in [1.54, 1.807) is 28.8 Å². The number of carboxylic acid groups (broad SMARTS) is 1. The summed E-state index contributed by atoms with van der Waals surface area (Å²) < 4.78 is 7.54. The van der Waals surface area contributed by atoms with Gasteiger partial charge in [0, 0.05) is 23.1 Å². The third kappa shape index (κ3) is 4.67. The van der Waals surface area contributed by atoms with Crippen LogP contribution >= 0.6 is 0 Å². The highest BCUT2D eigenvalue weighted by Gasteiger charge is 2.17. The van der Waals surface area contributed by atoms with E-state index >= 15 is 0 Å². The van der Waals surface area contributed by atoms with Gasteiger partial charge in [-0.3, -0.25) is 14.2 Å². The average Bonchev–Trinajstić information content (AvgIpc) is 3.13. The summed E-state index contributed by atoms with van der Waals surface area (Å²) in [6.07, 6.45) is 0.741. The number of fused-ring (bicyclic) bond motifs is 1. The van der Waals surface area contributed by atoms with E-state index in [1.807, 2.05) is 31.2 Å². The molecule has 33 heavy (non-hydrogen) atoms. The number of nitrogens with zero attached hydrogens (tertiary/aromatic N) is 1. The second-order valence-corrected chi connectivity index (χ2v) is 8.33. The molecule has 0 saturated carbocycles. The average molecular weight is 442 g/mol. The minimum atomic E-state index is -0.896. The van der Waals surface area contributed by atoms with E-state index < -0.39 is 5.97 Å². The molecule has 0 aliphatic heterocycles. The lowest BCUT2D eigenvalue weighted by molar-refractivity contribution is -0.136. The van der Waals surface area contributed by atoms with Gasteiger partial charge in [0.2, 0.25) is 0 Å². The van der Waals surface area contributed by atoms with Gasteiger partial charge in [-0.25, -0.2) is 0 Å². The first-order chi connectivity index (χ1) is 15.8. The van der Waals surface area contributed by atoms with Crippen LogP contribution in [0.4, 0.5) is 0 Å². The number of benzene rings is 3. The molecule has 0 radical (unpaired) electrons. The zero-order chi connectivity index (χ0) is 23.5. The molecule has 4 rings (SSSR count). The van der Waals surface area contributed by atoms with Crippen molar-refractivity contribution >= 4 is 22.8 Å². The first-order valence-electron chi connectivity index (χ1n) is 11.0. The van der Waals surface area contributed by atoms with Crippen LogP contribution < -0.4 is 4.74 Å². The van der Waals surface area contributed by atoms with Crippen molar-refractivity contribution in [1.29, 1.82) is 0 Å². The Hall–Kier alpha value is -3.86. The molecule has 0 atom stereocenters. The second-order valence-electron chi connectivity index (χ2n) is 8.33. The van der Waals surface area contributed by atoms with Crippen molar-refractivity contribution in [2.45, 2.75) is 33.6 Å². The summed E-state index contributed by atoms with van der Waals surface area (Å²) in [6, 6.07) is 20.7. The van der Waals surface area contributed by atoms with Gasteiger partial charge in [0.25, 0.3) is 5.91 Å². The maximum absolute atomic E-state index is 13.3. The van der Waals surface area contributed by atoms with Gasteiger partial charge < -0.3 is 9.84 Å². The van der Waals surface area contributed by atoms with E-state index in [0.29, 0.717) is 23.3 Å². The van der Waals surface area contributed by atoms with E-state index in [4.69, 9.17) is 4.74 Å². The number of aliphatic carboxylic acids is 1. The molecule has 168 valence electrons. The standard InChI is InChI=1S/C28H27NO4/c1-18-6-4-7-21(20(18)3)14-15-33-24-12-10-22(11-13-24)28(32)29-19(2)16-25-23(17-27(30)31)8-5-9-26(25)29/h4-13,16H,14-15,17H2,1-3H3,(H,30,31). The lowest BCUT2D eigenvalue weighted by Gasteiger charge is -2.11. The van der Waals surface area contributed by atoms with Crippen LogP contribution in [0.15, 0.2) is 66.7 Å². The highest BCUT2D eigenvalue weighted by atomic mass is 16.5. The molecule has 4 aromatic rings. The topological polar surface area (TPSA) is 68.5 Å². The number of hydrogen-bond acceptors (Lipinski definition) is 3. The predicted molar refractivity (Wildman–Crippen MR) is 129 cm³/mol. The molecule has 1 N–H and O–H groups in total. The van der Waals surface area contributed by atoms with Crippen LogP contribution in [0.25, 0.3) is 10.9 Å². The van der Waals surface area contributed by atoms with Gasteiger partial charge in [0.15, 0.2) is 0 Å². The Labute approximate surface area is 193 Å². The number of carbonyl (C=O) groups is 2. The van der Waals surface area contributed by atoms with Crippen molar-refractivity contribution in [2.75, 3.05) is 6.61 Å². The summed E-state index contributed by atoms with van der Waals surface area (Å²) in [4.78, 5) is 24.5. The van der Waals surface area contributed by atoms with Crippen LogP contribution in [0, 0.1) is 20.8 Å². The molecule has 0 fully saturated rings. The minimum Gasteiger partial charge on any atom is -0.493 e. The number of aromatic nitrogens is 1. The molecular weight excluding hydrogens is 414 g/mol. The van der Waals surface area contributed by atoms with Gasteiger partial charge in [-0.1, -0.05) is 30.3 Å². The highest BCUT2D eigenvalue weighted by molar-refractivity contribution is 6.04. The van der Waals surface area contributed by atoms with Crippen LogP contribution in [-0.4, -0.2) is 28.2 Å². The molecule has 0 bridgehead atoms. The van der Waals surface area contributed by atoms with Gasteiger partial charge >= 0.3 is 5.97 Å². The third-order valence-electron chi connectivity index (χ3n) is 6.12. The maximum atomic E-state index is 13.3. The fraction of sp³-hybridized carbons (Fsp3) is 0.214. The summed E-state index contributed by atoms with van der Waals surface area (Å²) in [7, 11) is 0. The van der Waals surface area contributed by atoms with Crippen molar-refractivity contribution in [3.05, 3.63) is 100 Å². The molecule has 0 unspecified atom stereocenters. The Balaban J connectivity index is 1.49. The van der Waals surface area contributed by atoms with Gasteiger partial charge in [0.1, 0.15) is 5.75 Å². The lowest BCUT2D eigenvalue weighted by Crippen LogP contribution is -2.13. The van der Waals surface area contributed by atoms with Crippen LogP contribution in [-0.2, 0) is 17.6 Å². The lowest BCUT2D eigenvalue weighted by atomic mass is 10.0. The number of carbonyl (C=O) groups excluding carboxylic acids is 1. The van der Waals surface area contributed by atoms with Crippen molar-refractivity contribution in [2.24, 2.45) is 0 Å². The first kappa shape index (κ1) is 22.3. The van der Waals surface area contributed by atoms with Crippen molar-refractivity contribution in [3.8, 4) is 5.75 Å². The Bertz CT molecular complexity index is 1330. The molecule has 0 aliphatic carbocycles. The molecule has 0 aliphatic rings.